The molecule has 0 saturated heterocycles. The van der Waals surface area contributed by atoms with Crippen LogP contribution in [0.4, 0.5) is 11.8 Å². The first-order valence-corrected chi connectivity index (χ1v) is 11.2. The number of hydrogen-bond acceptors (Lipinski definition) is 5. The Morgan fingerprint density at radius 2 is 1.69 bits per heavy atom. The van der Waals surface area contributed by atoms with Gasteiger partial charge in [0.25, 0.3) is 0 Å². The van der Waals surface area contributed by atoms with E-state index in [4.69, 9.17) is 9.97 Å². The molecule has 1 saturated carbocycles. The number of benzene rings is 1. The molecule has 0 amide bonds. The fraction of sp³-hybridized carbons (Fsp3) is 0.583. The Labute approximate surface area is 175 Å². The molecule has 2 N–H and O–H groups in total. The van der Waals surface area contributed by atoms with Gasteiger partial charge in [0.2, 0.25) is 5.95 Å². The number of nitrogens with zero attached hydrogens (tertiary/aromatic N) is 3. The molecule has 1 aromatic carbocycles. The summed E-state index contributed by atoms with van der Waals surface area (Å²) >= 11 is 0. The van der Waals surface area contributed by atoms with Crippen LogP contribution in [0.25, 0.3) is 10.9 Å². The van der Waals surface area contributed by atoms with Crippen molar-refractivity contribution in [2.45, 2.75) is 57.5 Å². The van der Waals surface area contributed by atoms with Gasteiger partial charge in [-0.1, -0.05) is 31.2 Å². The highest BCUT2D eigenvalue weighted by Gasteiger charge is 2.24. The monoisotopic (exact) mass is 393 g/mol. The van der Waals surface area contributed by atoms with Crippen molar-refractivity contribution in [2.75, 3.05) is 30.9 Å². The van der Waals surface area contributed by atoms with Gasteiger partial charge in [0, 0.05) is 31.6 Å². The molecule has 0 bridgehead atoms. The summed E-state index contributed by atoms with van der Waals surface area (Å²) < 4.78 is 0. The number of rotatable bonds is 6. The summed E-state index contributed by atoms with van der Waals surface area (Å²) in [5, 5.41) is 8.57. The molecule has 156 valence electrons. The standard InChI is InChI=1S/C24H35N5/c1-17-8-4-5-9-18(17)16-25-19-12-14-20(15-13-19)26-24-27-22-11-7-6-10-21(22)23(28-24)29(2)3/h4-7,10-11,17-20,25H,8-9,12-16H2,1-3H3,(H,26,27,28)/t17?,18?,19-,20+. The summed E-state index contributed by atoms with van der Waals surface area (Å²) in [5.74, 6) is 3.34. The third-order valence-corrected chi connectivity index (χ3v) is 6.65. The van der Waals surface area contributed by atoms with Gasteiger partial charge in [-0.3, -0.25) is 0 Å². The van der Waals surface area contributed by atoms with Crippen LogP contribution in [0, 0.1) is 11.8 Å². The molecule has 5 nitrogen and oxygen atoms in total. The fourth-order valence-electron chi connectivity index (χ4n) is 4.70. The van der Waals surface area contributed by atoms with Gasteiger partial charge in [0.05, 0.1) is 5.52 Å². The third kappa shape index (κ3) is 4.89. The van der Waals surface area contributed by atoms with Crippen molar-refractivity contribution in [3.63, 3.8) is 0 Å². The molecule has 29 heavy (non-hydrogen) atoms. The smallest absolute Gasteiger partial charge is 0.225 e. The fourth-order valence-corrected chi connectivity index (χ4v) is 4.70. The Kier molecular flexibility index (Phi) is 6.34. The maximum atomic E-state index is 4.80. The summed E-state index contributed by atoms with van der Waals surface area (Å²) in [6.45, 7) is 3.55. The molecule has 5 heteroatoms. The Bertz CT molecular complexity index is 838. The van der Waals surface area contributed by atoms with E-state index in [1.165, 1.54) is 38.5 Å². The molecule has 0 radical (unpaired) electrons. The van der Waals surface area contributed by atoms with Gasteiger partial charge in [-0.2, -0.15) is 4.98 Å². The predicted octanol–water partition coefficient (Wildman–Crippen LogP) is 4.61. The lowest BCUT2D eigenvalue weighted by Gasteiger charge is -2.32. The first-order chi connectivity index (χ1) is 14.1. The highest BCUT2D eigenvalue weighted by molar-refractivity contribution is 5.90. The van der Waals surface area contributed by atoms with Crippen LogP contribution in [0.2, 0.25) is 0 Å². The van der Waals surface area contributed by atoms with Crippen LogP contribution in [0.3, 0.4) is 0 Å². The Morgan fingerprint density at radius 3 is 2.45 bits per heavy atom. The third-order valence-electron chi connectivity index (χ3n) is 6.65. The van der Waals surface area contributed by atoms with Crippen molar-refractivity contribution < 1.29 is 0 Å². The van der Waals surface area contributed by atoms with E-state index in [-0.39, 0.29) is 0 Å². The van der Waals surface area contributed by atoms with Crippen molar-refractivity contribution >= 4 is 22.7 Å². The maximum Gasteiger partial charge on any atom is 0.225 e. The van der Waals surface area contributed by atoms with Crippen LogP contribution >= 0.6 is 0 Å². The minimum absolute atomic E-state index is 0.459. The minimum atomic E-state index is 0.459. The van der Waals surface area contributed by atoms with Gasteiger partial charge in [0.15, 0.2) is 0 Å². The van der Waals surface area contributed by atoms with Gasteiger partial charge in [-0.25, -0.2) is 4.98 Å². The van der Waals surface area contributed by atoms with E-state index in [0.29, 0.717) is 12.1 Å². The van der Waals surface area contributed by atoms with Gasteiger partial charge < -0.3 is 15.5 Å². The predicted molar refractivity (Wildman–Crippen MR) is 123 cm³/mol. The second-order valence-electron chi connectivity index (χ2n) is 9.06. The van der Waals surface area contributed by atoms with Crippen LogP contribution < -0.4 is 15.5 Å². The molecule has 0 aliphatic heterocycles. The van der Waals surface area contributed by atoms with E-state index in [9.17, 15) is 0 Å². The van der Waals surface area contributed by atoms with Crippen LogP contribution in [-0.2, 0) is 0 Å². The van der Waals surface area contributed by atoms with E-state index in [2.05, 4.69) is 46.7 Å². The van der Waals surface area contributed by atoms with Crippen LogP contribution in [0.5, 0.6) is 0 Å². The molecule has 2 atom stereocenters. The van der Waals surface area contributed by atoms with E-state index >= 15 is 0 Å². The van der Waals surface area contributed by atoms with E-state index in [1.807, 2.05) is 26.2 Å². The average Bonchev–Trinajstić information content (AvgIpc) is 2.73. The molecule has 1 aromatic heterocycles. The zero-order valence-electron chi connectivity index (χ0n) is 18.1. The second kappa shape index (κ2) is 9.12. The number of hydrogen-bond donors (Lipinski definition) is 2. The number of allylic oxidation sites excluding steroid dienone is 2. The summed E-state index contributed by atoms with van der Waals surface area (Å²) in [6.07, 6.45) is 12.0. The van der Waals surface area contributed by atoms with Crippen molar-refractivity contribution in [3.05, 3.63) is 36.4 Å². The SMILES string of the molecule is CC1CC=CCC1CN[C@H]1CC[C@@H](Nc2nc(N(C)C)c3ccccc3n2)CC1. The normalized spacial score (nSPS) is 27.1. The van der Waals surface area contributed by atoms with Gasteiger partial charge in [-0.05, 0) is 69.0 Å². The lowest BCUT2D eigenvalue weighted by molar-refractivity contribution is 0.286. The van der Waals surface area contributed by atoms with Crippen LogP contribution in [-0.4, -0.2) is 42.7 Å². The lowest BCUT2D eigenvalue weighted by atomic mass is 9.83. The summed E-state index contributed by atoms with van der Waals surface area (Å²) in [4.78, 5) is 11.6. The van der Waals surface area contributed by atoms with E-state index < -0.39 is 0 Å². The molecular weight excluding hydrogens is 358 g/mol. The number of aromatic nitrogens is 2. The molecular formula is C24H35N5. The molecule has 2 aromatic rings. The lowest BCUT2D eigenvalue weighted by Crippen LogP contribution is -2.40. The molecule has 2 unspecified atom stereocenters. The number of fused-ring (bicyclic) bond motifs is 1. The summed E-state index contributed by atoms with van der Waals surface area (Å²) in [5.41, 5.74) is 1.000. The summed E-state index contributed by atoms with van der Waals surface area (Å²) in [7, 11) is 4.08. The van der Waals surface area contributed by atoms with Gasteiger partial charge in [-0.15, -0.1) is 0 Å². The molecule has 4 rings (SSSR count). The van der Waals surface area contributed by atoms with Crippen molar-refractivity contribution in [1.29, 1.82) is 0 Å². The molecule has 1 heterocycles. The summed E-state index contributed by atoms with van der Waals surface area (Å²) in [6, 6.07) is 9.36. The van der Waals surface area contributed by atoms with E-state index in [0.717, 1.165) is 41.0 Å². The van der Waals surface area contributed by atoms with Gasteiger partial charge in [0.1, 0.15) is 5.82 Å². The Hall–Kier alpha value is -2.14. The average molecular weight is 394 g/mol. The first kappa shape index (κ1) is 20.1. The van der Waals surface area contributed by atoms with E-state index in [1.54, 1.807) is 0 Å². The highest BCUT2D eigenvalue weighted by atomic mass is 15.2. The highest BCUT2D eigenvalue weighted by Crippen LogP contribution is 2.28. The number of anilines is 2. The van der Waals surface area contributed by atoms with Gasteiger partial charge >= 0.3 is 0 Å². The van der Waals surface area contributed by atoms with Crippen LogP contribution in [0.1, 0.15) is 45.4 Å². The minimum Gasteiger partial charge on any atom is -0.362 e. The number of para-hydroxylation sites is 1. The molecule has 1 fully saturated rings. The van der Waals surface area contributed by atoms with Crippen molar-refractivity contribution in [2.24, 2.45) is 11.8 Å². The maximum absolute atomic E-state index is 4.80. The quantitative estimate of drug-likeness (QED) is 0.702. The van der Waals surface area contributed by atoms with Crippen molar-refractivity contribution in [1.82, 2.24) is 15.3 Å². The Morgan fingerprint density at radius 1 is 0.966 bits per heavy atom. The largest absolute Gasteiger partial charge is 0.362 e. The number of nitrogens with one attached hydrogen (secondary N) is 2. The Balaban J connectivity index is 1.32. The second-order valence-corrected chi connectivity index (χ2v) is 9.06. The zero-order chi connectivity index (χ0) is 20.2. The molecule has 2 aliphatic rings. The molecule has 2 aliphatic carbocycles. The van der Waals surface area contributed by atoms with Crippen molar-refractivity contribution in [3.8, 4) is 0 Å². The topological polar surface area (TPSA) is 53.1 Å². The van der Waals surface area contributed by atoms with Crippen LogP contribution in [0.15, 0.2) is 36.4 Å². The zero-order valence-corrected chi connectivity index (χ0v) is 18.1. The molecule has 0 spiro atoms. The first-order valence-electron chi connectivity index (χ1n) is 11.2.